The fourth-order valence-corrected chi connectivity index (χ4v) is 7.63. The number of carboxylic acids is 1. The number of alkyl carbamates (subject to hydrolysis) is 1. The van der Waals surface area contributed by atoms with Gasteiger partial charge in [0.15, 0.2) is 36.9 Å². The third-order valence-corrected chi connectivity index (χ3v) is 10.2. The van der Waals surface area contributed by atoms with Crippen molar-refractivity contribution in [1.82, 2.24) is 10.6 Å². The van der Waals surface area contributed by atoms with Gasteiger partial charge in [-0.3, -0.25) is 24.0 Å². The number of fused-ring (bicyclic) bond motifs is 3. The molecule has 0 aromatic heterocycles. The molecule has 62 heavy (non-hydrogen) atoms. The highest BCUT2D eigenvalue weighted by Crippen LogP contribution is 2.44. The molecular weight excluding hydrogens is 824 g/mol. The maximum absolute atomic E-state index is 13.1. The first-order valence-electron chi connectivity index (χ1n) is 19.6. The Labute approximate surface area is 355 Å². The number of nitrogens with one attached hydrogen (secondary N) is 2. The Morgan fingerprint density at radius 3 is 1.77 bits per heavy atom. The lowest BCUT2D eigenvalue weighted by atomic mass is 9.95. The van der Waals surface area contributed by atoms with Crippen LogP contribution in [0.4, 0.5) is 4.79 Å². The van der Waals surface area contributed by atoms with Crippen LogP contribution in [0.2, 0.25) is 0 Å². The van der Waals surface area contributed by atoms with Gasteiger partial charge in [0.05, 0.1) is 12.7 Å². The van der Waals surface area contributed by atoms with Crippen molar-refractivity contribution in [2.45, 2.75) is 121 Å². The Morgan fingerprint density at radius 2 is 1.24 bits per heavy atom. The molecule has 2 saturated heterocycles. The van der Waals surface area contributed by atoms with Gasteiger partial charge in [-0.15, -0.1) is 0 Å². The molecule has 2 aromatic carbocycles. The molecule has 0 radical (unpaired) electrons. The summed E-state index contributed by atoms with van der Waals surface area (Å²) < 4.78 is 50.8. The zero-order valence-corrected chi connectivity index (χ0v) is 34.6. The lowest BCUT2D eigenvalue weighted by Gasteiger charge is -2.48. The number of aliphatic hydroxyl groups is 2. The van der Waals surface area contributed by atoms with Crippen molar-refractivity contribution in [2.75, 3.05) is 19.8 Å². The van der Waals surface area contributed by atoms with Crippen molar-refractivity contribution >= 4 is 41.8 Å². The average Bonchev–Trinajstić information content (AvgIpc) is 3.52. The summed E-state index contributed by atoms with van der Waals surface area (Å²) in [6, 6.07) is 11.9. The quantitative estimate of drug-likeness (QED) is 0.113. The number of carboxylic acid groups (broad SMARTS) is 1. The highest BCUT2D eigenvalue weighted by molar-refractivity contribution is 5.81. The second-order valence-corrected chi connectivity index (χ2v) is 14.7. The van der Waals surface area contributed by atoms with E-state index in [0.29, 0.717) is 0 Å². The highest BCUT2D eigenvalue weighted by atomic mass is 16.8. The zero-order valence-electron chi connectivity index (χ0n) is 34.6. The third kappa shape index (κ3) is 11.4. The molecule has 3 aliphatic rings. The Hall–Kier alpha value is -5.71. The first-order valence-corrected chi connectivity index (χ1v) is 19.6. The summed E-state index contributed by atoms with van der Waals surface area (Å²) >= 11 is 0. The molecule has 5 rings (SSSR count). The SMILES string of the molecule is CC(=O)N[C@H]1[C@@H](O[C@H](C)[C@H](NC(=O)OCC2c3ccccc3-c3ccccc32)C(=O)O)O[C@H](CO)[C@H](O[C@@H]2O[C@H](COC(C)=O)[C@H](OC(C)=O)[C@H](OC(C)=O)[C@H]2OC(C)=O)[C@@H]1O. The van der Waals surface area contributed by atoms with Crippen LogP contribution in [0.3, 0.4) is 0 Å². The number of esters is 4. The van der Waals surface area contributed by atoms with E-state index in [2.05, 4.69) is 10.6 Å². The first kappa shape index (κ1) is 47.3. The molecule has 2 aliphatic heterocycles. The van der Waals surface area contributed by atoms with Crippen LogP contribution >= 0.6 is 0 Å². The van der Waals surface area contributed by atoms with Crippen LogP contribution in [0.5, 0.6) is 0 Å². The summed E-state index contributed by atoms with van der Waals surface area (Å²) in [7, 11) is 0. The van der Waals surface area contributed by atoms with Crippen LogP contribution in [-0.2, 0) is 71.4 Å². The molecule has 21 nitrogen and oxygen atoms in total. The Balaban J connectivity index is 1.34. The van der Waals surface area contributed by atoms with E-state index in [9.17, 15) is 48.9 Å². The summed E-state index contributed by atoms with van der Waals surface area (Å²) in [4.78, 5) is 86.7. The van der Waals surface area contributed by atoms with Gasteiger partial charge in [0.2, 0.25) is 5.91 Å². The minimum atomic E-state index is -1.88. The molecule has 1 aliphatic carbocycles. The Bertz CT molecular complexity index is 1930. The van der Waals surface area contributed by atoms with E-state index < -0.39 is 129 Å². The van der Waals surface area contributed by atoms with Gasteiger partial charge in [-0.05, 0) is 29.2 Å². The fraction of sp³-hybridized carbons (Fsp3) is 0.537. The van der Waals surface area contributed by atoms with E-state index in [4.69, 9.17) is 42.6 Å². The van der Waals surface area contributed by atoms with E-state index in [1.807, 2.05) is 48.5 Å². The number of benzene rings is 2. The molecule has 21 heteroatoms. The van der Waals surface area contributed by atoms with Crippen molar-refractivity contribution in [1.29, 1.82) is 0 Å². The Morgan fingerprint density at radius 1 is 0.694 bits per heavy atom. The minimum absolute atomic E-state index is 0.122. The van der Waals surface area contributed by atoms with Crippen molar-refractivity contribution in [3.05, 3.63) is 59.7 Å². The smallest absolute Gasteiger partial charge is 0.407 e. The maximum atomic E-state index is 13.1. The summed E-state index contributed by atoms with van der Waals surface area (Å²) in [5.41, 5.74) is 3.83. The van der Waals surface area contributed by atoms with Gasteiger partial charge < -0.3 is 68.6 Å². The highest BCUT2D eigenvalue weighted by Gasteiger charge is 2.56. The van der Waals surface area contributed by atoms with Gasteiger partial charge >= 0.3 is 35.9 Å². The normalized spacial score (nSPS) is 27.5. The molecule has 2 fully saturated rings. The van der Waals surface area contributed by atoms with E-state index in [1.165, 1.54) is 6.92 Å². The van der Waals surface area contributed by atoms with Crippen LogP contribution in [0, 0.1) is 0 Å². The first-order chi connectivity index (χ1) is 29.4. The summed E-state index contributed by atoms with van der Waals surface area (Å²) in [6.07, 6.45) is -17.5. The second-order valence-electron chi connectivity index (χ2n) is 14.7. The summed E-state index contributed by atoms with van der Waals surface area (Å²) in [6.45, 7) is 4.89. The van der Waals surface area contributed by atoms with Gasteiger partial charge in [-0.1, -0.05) is 48.5 Å². The largest absolute Gasteiger partial charge is 0.480 e. The molecule has 2 amide bonds. The van der Waals surface area contributed by atoms with E-state index in [-0.39, 0.29) is 12.5 Å². The summed E-state index contributed by atoms with van der Waals surface area (Å²) in [5.74, 6) is -6.09. The molecule has 12 atom stereocenters. The molecule has 338 valence electrons. The van der Waals surface area contributed by atoms with Gasteiger partial charge in [-0.25, -0.2) is 9.59 Å². The van der Waals surface area contributed by atoms with E-state index in [1.54, 1.807) is 0 Å². The number of hydrogen-bond donors (Lipinski definition) is 5. The lowest BCUT2D eigenvalue weighted by Crippen LogP contribution is -2.69. The number of ether oxygens (including phenoxy) is 9. The van der Waals surface area contributed by atoms with Crippen LogP contribution in [0.15, 0.2) is 48.5 Å². The third-order valence-electron chi connectivity index (χ3n) is 10.2. The van der Waals surface area contributed by atoms with E-state index >= 15 is 0 Å². The molecule has 0 saturated carbocycles. The van der Waals surface area contributed by atoms with Crippen molar-refractivity contribution in [3.8, 4) is 11.1 Å². The lowest BCUT2D eigenvalue weighted by molar-refractivity contribution is -0.352. The topological polar surface area (TPSA) is 287 Å². The molecule has 2 aromatic rings. The van der Waals surface area contributed by atoms with Crippen molar-refractivity contribution < 1.29 is 91.5 Å². The van der Waals surface area contributed by atoms with Crippen molar-refractivity contribution in [3.63, 3.8) is 0 Å². The van der Waals surface area contributed by atoms with Gasteiger partial charge in [0.25, 0.3) is 0 Å². The second kappa shape index (κ2) is 20.9. The van der Waals surface area contributed by atoms with Crippen LogP contribution in [-0.4, -0.2) is 150 Å². The number of carbonyl (C=O) groups excluding carboxylic acids is 6. The molecule has 5 N–H and O–H groups in total. The van der Waals surface area contributed by atoms with Gasteiger partial charge in [0, 0.05) is 40.5 Å². The average molecular weight is 875 g/mol. The molecular formula is C41H50N2O19. The minimum Gasteiger partial charge on any atom is -0.480 e. The number of amides is 2. The molecule has 0 bridgehead atoms. The number of aliphatic carboxylic acids is 1. The van der Waals surface area contributed by atoms with Crippen LogP contribution in [0.25, 0.3) is 11.1 Å². The summed E-state index contributed by atoms with van der Waals surface area (Å²) in [5, 5.41) is 37.2. The van der Waals surface area contributed by atoms with Crippen LogP contribution < -0.4 is 10.6 Å². The molecule has 0 unspecified atom stereocenters. The predicted molar refractivity (Wildman–Crippen MR) is 206 cm³/mol. The molecule has 2 heterocycles. The van der Waals surface area contributed by atoms with E-state index in [0.717, 1.165) is 56.9 Å². The van der Waals surface area contributed by atoms with Crippen molar-refractivity contribution in [2.24, 2.45) is 0 Å². The zero-order chi connectivity index (χ0) is 45.4. The van der Waals surface area contributed by atoms with Gasteiger partial charge in [-0.2, -0.15) is 0 Å². The molecule has 0 spiro atoms. The fourth-order valence-electron chi connectivity index (χ4n) is 7.63. The number of rotatable bonds is 16. The van der Waals surface area contributed by atoms with Crippen LogP contribution in [0.1, 0.15) is 58.6 Å². The maximum Gasteiger partial charge on any atom is 0.407 e. The number of aliphatic hydroxyl groups excluding tert-OH is 2. The monoisotopic (exact) mass is 874 g/mol. The van der Waals surface area contributed by atoms with Gasteiger partial charge in [0.1, 0.15) is 43.7 Å². The Kier molecular flexibility index (Phi) is 16.0. The number of hydrogen-bond acceptors (Lipinski definition) is 18. The standard InChI is InChI=1S/C41H50N2O19/c1-18(31(38(51)52)43-41(53)55-16-28-26-13-9-7-11-24(26)25-12-8-10-14-27(25)28)56-39-32(42-19(2)45)33(50)34(29(15-44)60-39)62-40-37(59-23(6)49)36(58-22(5)48)35(57-21(4)47)30(61-40)17-54-20(3)46/h7-14,18,28-37,39-40,44,50H,15-17H2,1-6H3,(H,42,45)(H,43,53)(H,51,52)/t18-,29-,30-,31+,32-,33-,34+,35+,36+,37-,39+,40+/m1/s1. The number of carbonyl (C=O) groups is 7. The predicted octanol–water partition coefficient (Wildman–Crippen LogP) is 0.435.